The van der Waals surface area contributed by atoms with Crippen LogP contribution in [-0.4, -0.2) is 32.4 Å². The molecule has 2 aromatic rings. The highest BCUT2D eigenvalue weighted by Gasteiger charge is 2.54. The summed E-state index contributed by atoms with van der Waals surface area (Å²) in [5.41, 5.74) is 3.21. The Morgan fingerprint density at radius 3 is 2.69 bits per heavy atom. The van der Waals surface area contributed by atoms with Crippen LogP contribution in [0.5, 0.6) is 5.75 Å². The second-order valence-electron chi connectivity index (χ2n) is 8.98. The number of hydrogen-bond donors (Lipinski definition) is 3. The van der Waals surface area contributed by atoms with Gasteiger partial charge in [-0.1, -0.05) is 13.0 Å². The number of benzene rings is 1. The monoisotopic (exact) mass is 395 g/mol. The fourth-order valence-corrected chi connectivity index (χ4v) is 6.03. The second kappa shape index (κ2) is 7.79. The van der Waals surface area contributed by atoms with Crippen LogP contribution in [0.25, 0.3) is 0 Å². The molecular weight excluding hydrogens is 366 g/mol. The van der Waals surface area contributed by atoms with Crippen molar-refractivity contribution in [2.24, 2.45) is 17.3 Å². The molecule has 5 heteroatoms. The third kappa shape index (κ3) is 3.64. The predicted molar refractivity (Wildman–Crippen MR) is 110 cm³/mol. The van der Waals surface area contributed by atoms with Gasteiger partial charge in [0.2, 0.25) is 0 Å². The Balaban J connectivity index is 0.000000192. The first-order valence-corrected chi connectivity index (χ1v) is 10.5. The van der Waals surface area contributed by atoms with E-state index in [1.54, 1.807) is 6.07 Å². The van der Waals surface area contributed by atoms with Crippen molar-refractivity contribution < 1.29 is 20.1 Å². The zero-order valence-corrected chi connectivity index (χ0v) is 16.8. The molecule has 1 heterocycles. The van der Waals surface area contributed by atoms with Gasteiger partial charge in [0.1, 0.15) is 5.75 Å². The minimum Gasteiger partial charge on any atom is -0.508 e. The number of carboxylic acids is 1. The Morgan fingerprint density at radius 2 is 2.00 bits per heavy atom. The van der Waals surface area contributed by atoms with Crippen molar-refractivity contribution in [3.05, 3.63) is 59.4 Å². The smallest absolute Gasteiger partial charge is 0.337 e. The fourth-order valence-electron chi connectivity index (χ4n) is 6.03. The van der Waals surface area contributed by atoms with Gasteiger partial charge < -0.3 is 15.3 Å². The van der Waals surface area contributed by atoms with Crippen LogP contribution in [0, 0.1) is 17.3 Å². The number of aromatic carboxylic acids is 1. The van der Waals surface area contributed by atoms with Gasteiger partial charge in [-0.15, -0.1) is 0 Å². The zero-order valence-electron chi connectivity index (χ0n) is 16.8. The summed E-state index contributed by atoms with van der Waals surface area (Å²) >= 11 is 0. The largest absolute Gasteiger partial charge is 0.508 e. The molecule has 3 aliphatic rings. The number of aromatic nitrogens is 1. The fraction of sp³-hybridized carbons (Fsp3) is 0.500. The summed E-state index contributed by atoms with van der Waals surface area (Å²) in [5.74, 6) is 1.55. The van der Waals surface area contributed by atoms with Gasteiger partial charge in [-0.25, -0.2) is 4.79 Å². The van der Waals surface area contributed by atoms with Crippen molar-refractivity contribution in [2.75, 3.05) is 0 Å². The van der Waals surface area contributed by atoms with Gasteiger partial charge in [0.25, 0.3) is 0 Å². The van der Waals surface area contributed by atoms with Crippen LogP contribution < -0.4 is 0 Å². The predicted octanol–water partition coefficient (Wildman–Crippen LogP) is 4.39. The van der Waals surface area contributed by atoms with Gasteiger partial charge in [0, 0.05) is 12.4 Å². The number of aliphatic hydroxyl groups excluding tert-OH is 1. The molecule has 2 saturated carbocycles. The molecule has 5 nitrogen and oxygen atoms in total. The van der Waals surface area contributed by atoms with Gasteiger partial charge in [-0.3, -0.25) is 4.98 Å². The Morgan fingerprint density at radius 1 is 1.17 bits per heavy atom. The van der Waals surface area contributed by atoms with Gasteiger partial charge in [0.05, 0.1) is 11.7 Å². The SMILES string of the molecule is C[C@]12CC[C@@H]3c4ccc(O)cc4CC[C@H]3[C@@H]1CCC2O.O=C(O)c1cccnc1. The first-order chi connectivity index (χ1) is 13.9. The van der Waals surface area contributed by atoms with Crippen LogP contribution in [0.15, 0.2) is 42.7 Å². The number of fused-ring (bicyclic) bond motifs is 5. The van der Waals surface area contributed by atoms with E-state index in [1.165, 1.54) is 48.8 Å². The lowest BCUT2D eigenvalue weighted by Gasteiger charge is -2.50. The quantitative estimate of drug-likeness (QED) is 0.666. The summed E-state index contributed by atoms with van der Waals surface area (Å²) in [4.78, 5) is 13.8. The number of carboxylic acid groups (broad SMARTS) is 1. The molecule has 154 valence electrons. The average Bonchev–Trinajstić information content (AvgIpc) is 3.03. The number of hydrogen-bond acceptors (Lipinski definition) is 4. The first-order valence-electron chi connectivity index (χ1n) is 10.5. The molecule has 5 atom stereocenters. The lowest BCUT2D eigenvalue weighted by atomic mass is 9.55. The van der Waals surface area contributed by atoms with Crippen LogP contribution in [-0.2, 0) is 6.42 Å². The highest BCUT2D eigenvalue weighted by atomic mass is 16.4. The van der Waals surface area contributed by atoms with Crippen LogP contribution in [0.2, 0.25) is 0 Å². The van der Waals surface area contributed by atoms with E-state index in [0.29, 0.717) is 17.6 Å². The van der Waals surface area contributed by atoms with E-state index >= 15 is 0 Å². The molecule has 0 aliphatic heterocycles. The maximum Gasteiger partial charge on any atom is 0.337 e. The number of aryl methyl sites for hydroxylation is 1. The molecule has 1 aromatic heterocycles. The van der Waals surface area contributed by atoms with E-state index < -0.39 is 5.97 Å². The number of pyridine rings is 1. The Bertz CT molecular complexity index is 884. The van der Waals surface area contributed by atoms with E-state index in [-0.39, 0.29) is 17.1 Å². The molecule has 0 radical (unpaired) electrons. The standard InChI is InChI=1S/C18H24O2.C6H5NO2/c1-18-9-8-14-13-5-3-12(19)10-11(13)2-4-15(14)16(18)6-7-17(18)20;8-6(9)5-2-1-3-7-4-5/h3,5,10,14-17,19-20H,2,4,6-9H2,1H3;1-4H,(H,8,9)/t14-,15-,16+,17?,18+;/m1./s1. The molecule has 29 heavy (non-hydrogen) atoms. The van der Waals surface area contributed by atoms with Crippen LogP contribution in [0.1, 0.15) is 66.4 Å². The van der Waals surface area contributed by atoms with Crippen LogP contribution >= 0.6 is 0 Å². The van der Waals surface area contributed by atoms with Crippen LogP contribution in [0.4, 0.5) is 0 Å². The molecular formula is C24H29NO4. The van der Waals surface area contributed by atoms with E-state index in [1.807, 2.05) is 12.1 Å². The second-order valence-corrected chi connectivity index (χ2v) is 8.98. The molecule has 5 rings (SSSR count). The number of rotatable bonds is 1. The van der Waals surface area contributed by atoms with Gasteiger partial charge in [0.15, 0.2) is 0 Å². The normalized spacial score (nSPS) is 32.2. The minimum atomic E-state index is -0.942. The van der Waals surface area contributed by atoms with Gasteiger partial charge in [-0.05, 0) is 97.1 Å². The van der Waals surface area contributed by atoms with E-state index in [0.717, 1.165) is 25.2 Å². The molecule has 1 unspecified atom stereocenters. The van der Waals surface area contributed by atoms with E-state index in [2.05, 4.69) is 18.0 Å². The summed E-state index contributed by atoms with van der Waals surface area (Å²) in [5, 5.41) is 28.4. The number of carbonyl (C=O) groups is 1. The highest BCUT2D eigenvalue weighted by Crippen LogP contribution is 2.60. The zero-order chi connectivity index (χ0) is 20.6. The lowest BCUT2D eigenvalue weighted by molar-refractivity contribution is -0.0226. The molecule has 2 fully saturated rings. The minimum absolute atomic E-state index is 0.0883. The molecule has 0 saturated heterocycles. The molecule has 1 aromatic carbocycles. The van der Waals surface area contributed by atoms with Crippen molar-refractivity contribution in [3.63, 3.8) is 0 Å². The molecule has 3 N–H and O–H groups in total. The molecule has 3 aliphatic carbocycles. The number of phenols is 1. The highest BCUT2D eigenvalue weighted by molar-refractivity contribution is 5.86. The van der Waals surface area contributed by atoms with Crippen molar-refractivity contribution >= 4 is 5.97 Å². The Kier molecular flexibility index (Phi) is 5.34. The number of nitrogens with zero attached hydrogens (tertiary/aromatic N) is 1. The van der Waals surface area contributed by atoms with Crippen molar-refractivity contribution in [2.45, 2.75) is 57.5 Å². The van der Waals surface area contributed by atoms with Crippen LogP contribution in [0.3, 0.4) is 0 Å². The average molecular weight is 395 g/mol. The topological polar surface area (TPSA) is 90.7 Å². The van der Waals surface area contributed by atoms with Crippen molar-refractivity contribution in [1.82, 2.24) is 4.98 Å². The number of aromatic hydroxyl groups is 1. The summed E-state index contributed by atoms with van der Waals surface area (Å²) in [6, 6.07) is 9.04. The van der Waals surface area contributed by atoms with E-state index in [4.69, 9.17) is 5.11 Å². The summed E-state index contributed by atoms with van der Waals surface area (Å²) in [6.45, 7) is 2.32. The van der Waals surface area contributed by atoms with Crippen molar-refractivity contribution in [1.29, 1.82) is 0 Å². The Labute approximate surface area is 171 Å². The lowest BCUT2D eigenvalue weighted by Crippen LogP contribution is -2.43. The summed E-state index contributed by atoms with van der Waals surface area (Å²) < 4.78 is 0. The third-order valence-corrected chi connectivity index (χ3v) is 7.57. The summed E-state index contributed by atoms with van der Waals surface area (Å²) in [6.07, 6.45) is 9.62. The molecule has 0 spiro atoms. The van der Waals surface area contributed by atoms with E-state index in [9.17, 15) is 15.0 Å². The first kappa shape index (κ1) is 19.9. The maximum absolute atomic E-state index is 10.4. The van der Waals surface area contributed by atoms with Crippen molar-refractivity contribution in [3.8, 4) is 5.75 Å². The summed E-state index contributed by atoms with van der Waals surface area (Å²) in [7, 11) is 0. The number of aliphatic hydroxyl groups is 1. The molecule has 0 bridgehead atoms. The third-order valence-electron chi connectivity index (χ3n) is 7.57. The molecule has 0 amide bonds. The van der Waals surface area contributed by atoms with Gasteiger partial charge in [-0.2, -0.15) is 0 Å². The Hall–Kier alpha value is -2.40. The van der Waals surface area contributed by atoms with Gasteiger partial charge >= 0.3 is 5.97 Å². The maximum atomic E-state index is 10.4. The number of phenolic OH excluding ortho intramolecular Hbond substituents is 1.